The standard InChI is InChI=1S/C18H26N4O2/c1-14(2)9-13-24-17-6-4-16(5-7-17)15(3)20-18(23)8-11-22-12-10-19-21-22/h4-7,10,12,14-15H,8-9,11,13H2,1-3H3,(H,20,23). The highest BCUT2D eigenvalue weighted by Gasteiger charge is 2.10. The van der Waals surface area contributed by atoms with Crippen molar-refractivity contribution in [3.63, 3.8) is 0 Å². The van der Waals surface area contributed by atoms with Gasteiger partial charge in [0.05, 0.1) is 25.4 Å². The Morgan fingerprint density at radius 2 is 2.00 bits per heavy atom. The molecule has 1 unspecified atom stereocenters. The highest BCUT2D eigenvalue weighted by atomic mass is 16.5. The van der Waals surface area contributed by atoms with E-state index in [0.29, 0.717) is 18.9 Å². The molecule has 24 heavy (non-hydrogen) atoms. The first-order valence-corrected chi connectivity index (χ1v) is 8.41. The Kier molecular flexibility index (Phi) is 6.78. The SMILES string of the molecule is CC(C)CCOc1ccc(C(C)NC(=O)CCn2ccnn2)cc1. The van der Waals surface area contributed by atoms with Crippen LogP contribution in [0.1, 0.15) is 45.2 Å². The zero-order chi connectivity index (χ0) is 17.4. The fourth-order valence-electron chi connectivity index (χ4n) is 2.23. The van der Waals surface area contributed by atoms with Gasteiger partial charge in [0.15, 0.2) is 0 Å². The predicted molar refractivity (Wildman–Crippen MR) is 92.6 cm³/mol. The lowest BCUT2D eigenvalue weighted by atomic mass is 10.1. The van der Waals surface area contributed by atoms with Gasteiger partial charge >= 0.3 is 0 Å². The molecule has 1 N–H and O–H groups in total. The number of benzene rings is 1. The van der Waals surface area contributed by atoms with Crippen LogP contribution < -0.4 is 10.1 Å². The lowest BCUT2D eigenvalue weighted by Crippen LogP contribution is -2.27. The number of rotatable bonds is 9. The molecule has 0 saturated carbocycles. The molecular formula is C18H26N4O2. The molecule has 0 radical (unpaired) electrons. The topological polar surface area (TPSA) is 69.0 Å². The summed E-state index contributed by atoms with van der Waals surface area (Å²) in [4.78, 5) is 12.0. The van der Waals surface area contributed by atoms with Crippen LogP contribution in [0.15, 0.2) is 36.7 Å². The van der Waals surface area contributed by atoms with Gasteiger partial charge in [0.25, 0.3) is 0 Å². The summed E-state index contributed by atoms with van der Waals surface area (Å²) in [6.45, 7) is 7.59. The van der Waals surface area contributed by atoms with Crippen molar-refractivity contribution in [1.82, 2.24) is 20.3 Å². The zero-order valence-corrected chi connectivity index (χ0v) is 14.6. The van der Waals surface area contributed by atoms with E-state index in [1.807, 2.05) is 31.2 Å². The summed E-state index contributed by atoms with van der Waals surface area (Å²) in [5.74, 6) is 1.50. The Hall–Kier alpha value is -2.37. The predicted octanol–water partition coefficient (Wildman–Crippen LogP) is 2.97. The van der Waals surface area contributed by atoms with E-state index in [4.69, 9.17) is 4.74 Å². The second-order valence-electron chi connectivity index (χ2n) is 6.31. The van der Waals surface area contributed by atoms with Crippen molar-refractivity contribution in [3.8, 4) is 5.75 Å². The second-order valence-corrected chi connectivity index (χ2v) is 6.31. The third-order valence-corrected chi connectivity index (χ3v) is 3.76. The molecule has 2 rings (SSSR count). The minimum absolute atomic E-state index is 0.00439. The van der Waals surface area contributed by atoms with Crippen LogP contribution in [-0.4, -0.2) is 27.5 Å². The average molecular weight is 330 g/mol. The first kappa shape index (κ1) is 18.0. The van der Waals surface area contributed by atoms with Crippen LogP contribution >= 0.6 is 0 Å². The second kappa shape index (κ2) is 9.05. The number of aromatic nitrogens is 3. The molecule has 0 fully saturated rings. The van der Waals surface area contributed by atoms with E-state index in [-0.39, 0.29) is 11.9 Å². The lowest BCUT2D eigenvalue weighted by molar-refractivity contribution is -0.122. The van der Waals surface area contributed by atoms with Crippen molar-refractivity contribution in [1.29, 1.82) is 0 Å². The van der Waals surface area contributed by atoms with E-state index in [9.17, 15) is 4.79 Å². The Bertz CT molecular complexity index is 608. The van der Waals surface area contributed by atoms with Gasteiger partial charge in [0.1, 0.15) is 5.75 Å². The fourth-order valence-corrected chi connectivity index (χ4v) is 2.23. The molecule has 0 bridgehead atoms. The number of carbonyl (C=O) groups excluding carboxylic acids is 1. The van der Waals surface area contributed by atoms with Crippen LogP contribution in [0.5, 0.6) is 5.75 Å². The monoisotopic (exact) mass is 330 g/mol. The van der Waals surface area contributed by atoms with Crippen LogP contribution in [0, 0.1) is 5.92 Å². The molecule has 0 spiro atoms. The van der Waals surface area contributed by atoms with Crippen LogP contribution in [0.2, 0.25) is 0 Å². The van der Waals surface area contributed by atoms with Gasteiger partial charge in [0, 0.05) is 12.6 Å². The van der Waals surface area contributed by atoms with Crippen molar-refractivity contribution < 1.29 is 9.53 Å². The average Bonchev–Trinajstić information content (AvgIpc) is 3.06. The van der Waals surface area contributed by atoms with Crippen LogP contribution in [-0.2, 0) is 11.3 Å². The van der Waals surface area contributed by atoms with Gasteiger partial charge in [0.2, 0.25) is 5.91 Å². The Balaban J connectivity index is 1.76. The molecular weight excluding hydrogens is 304 g/mol. The molecule has 0 aliphatic rings. The molecule has 1 atom stereocenters. The summed E-state index contributed by atoms with van der Waals surface area (Å²) < 4.78 is 7.36. The summed E-state index contributed by atoms with van der Waals surface area (Å²) in [7, 11) is 0. The van der Waals surface area contributed by atoms with Crippen molar-refractivity contribution >= 4 is 5.91 Å². The molecule has 0 aliphatic carbocycles. The summed E-state index contributed by atoms with van der Waals surface area (Å²) in [5, 5.41) is 10.6. The number of hydrogen-bond donors (Lipinski definition) is 1. The number of aryl methyl sites for hydroxylation is 1. The molecule has 0 saturated heterocycles. The van der Waals surface area contributed by atoms with E-state index in [1.54, 1.807) is 17.1 Å². The molecule has 2 aromatic rings. The zero-order valence-electron chi connectivity index (χ0n) is 14.6. The van der Waals surface area contributed by atoms with Crippen LogP contribution in [0.4, 0.5) is 0 Å². The molecule has 1 aromatic carbocycles. The first-order valence-electron chi connectivity index (χ1n) is 8.41. The van der Waals surface area contributed by atoms with E-state index in [1.165, 1.54) is 0 Å². The summed E-state index contributed by atoms with van der Waals surface area (Å²) in [6.07, 6.45) is 4.77. The van der Waals surface area contributed by atoms with Crippen molar-refractivity contribution in [2.24, 2.45) is 5.92 Å². The van der Waals surface area contributed by atoms with Gasteiger partial charge in [-0.15, -0.1) is 5.10 Å². The van der Waals surface area contributed by atoms with Gasteiger partial charge in [-0.2, -0.15) is 0 Å². The number of carbonyl (C=O) groups is 1. The van der Waals surface area contributed by atoms with Crippen LogP contribution in [0.25, 0.3) is 0 Å². The maximum Gasteiger partial charge on any atom is 0.222 e. The molecule has 130 valence electrons. The minimum atomic E-state index is -0.0436. The number of amides is 1. The van der Waals surface area contributed by atoms with E-state index in [0.717, 1.165) is 24.3 Å². The van der Waals surface area contributed by atoms with E-state index in [2.05, 4.69) is 29.5 Å². The van der Waals surface area contributed by atoms with Crippen LogP contribution in [0.3, 0.4) is 0 Å². The number of nitrogens with zero attached hydrogens (tertiary/aromatic N) is 3. The maximum atomic E-state index is 12.0. The van der Waals surface area contributed by atoms with Gasteiger partial charge in [-0.25, -0.2) is 0 Å². The summed E-state index contributed by atoms with van der Waals surface area (Å²) >= 11 is 0. The minimum Gasteiger partial charge on any atom is -0.494 e. The van der Waals surface area contributed by atoms with Crippen molar-refractivity contribution in [2.75, 3.05) is 6.61 Å². The molecule has 1 amide bonds. The van der Waals surface area contributed by atoms with E-state index >= 15 is 0 Å². The molecule has 6 heteroatoms. The third kappa shape index (κ3) is 6.02. The fraction of sp³-hybridized carbons (Fsp3) is 0.500. The Morgan fingerprint density at radius 3 is 2.62 bits per heavy atom. The summed E-state index contributed by atoms with van der Waals surface area (Å²) in [6, 6.07) is 7.85. The summed E-state index contributed by atoms with van der Waals surface area (Å²) in [5.41, 5.74) is 1.06. The quantitative estimate of drug-likeness (QED) is 0.767. The lowest BCUT2D eigenvalue weighted by Gasteiger charge is -2.15. The third-order valence-electron chi connectivity index (χ3n) is 3.76. The maximum absolute atomic E-state index is 12.0. The number of ether oxygens (including phenoxy) is 1. The highest BCUT2D eigenvalue weighted by Crippen LogP contribution is 2.18. The number of nitrogens with one attached hydrogen (secondary N) is 1. The first-order chi connectivity index (χ1) is 11.5. The highest BCUT2D eigenvalue weighted by molar-refractivity contribution is 5.76. The molecule has 1 aromatic heterocycles. The number of hydrogen-bond acceptors (Lipinski definition) is 4. The van der Waals surface area contributed by atoms with Crippen molar-refractivity contribution in [2.45, 2.75) is 46.2 Å². The van der Waals surface area contributed by atoms with Gasteiger partial charge in [-0.3, -0.25) is 9.48 Å². The Labute approximate surface area is 143 Å². The van der Waals surface area contributed by atoms with Gasteiger partial charge < -0.3 is 10.1 Å². The molecule has 6 nitrogen and oxygen atoms in total. The smallest absolute Gasteiger partial charge is 0.222 e. The van der Waals surface area contributed by atoms with E-state index < -0.39 is 0 Å². The Morgan fingerprint density at radius 1 is 1.25 bits per heavy atom. The molecule has 0 aliphatic heterocycles. The normalized spacial score (nSPS) is 12.2. The largest absolute Gasteiger partial charge is 0.494 e. The van der Waals surface area contributed by atoms with Gasteiger partial charge in [-0.1, -0.05) is 31.2 Å². The van der Waals surface area contributed by atoms with Gasteiger partial charge in [-0.05, 0) is 37.0 Å². The molecule has 1 heterocycles. The van der Waals surface area contributed by atoms with Crippen molar-refractivity contribution in [3.05, 3.63) is 42.2 Å².